The van der Waals surface area contributed by atoms with Crippen molar-refractivity contribution in [3.05, 3.63) is 41.3 Å². The van der Waals surface area contributed by atoms with E-state index in [2.05, 4.69) is 24.1 Å². The van der Waals surface area contributed by atoms with Gasteiger partial charge in [0.1, 0.15) is 10.6 Å². The molecule has 0 spiro atoms. The molecule has 2 rings (SSSR count). The van der Waals surface area contributed by atoms with Crippen LogP contribution in [0.25, 0.3) is 11.1 Å². The summed E-state index contributed by atoms with van der Waals surface area (Å²) in [5, 5.41) is 5.37. The molecule has 1 amide bonds. The number of benzene rings is 1. The molecule has 1 N–H and O–H groups in total. The molecule has 5 nitrogen and oxygen atoms in total. The summed E-state index contributed by atoms with van der Waals surface area (Å²) < 4.78 is 5.23. The van der Waals surface area contributed by atoms with Crippen LogP contribution in [0.15, 0.2) is 35.7 Å². The van der Waals surface area contributed by atoms with E-state index in [0.29, 0.717) is 17.1 Å². The number of anilines is 1. The Labute approximate surface area is 165 Å². The zero-order valence-electron chi connectivity index (χ0n) is 16.3. The fourth-order valence-electron chi connectivity index (χ4n) is 2.96. The van der Waals surface area contributed by atoms with Gasteiger partial charge in [-0.25, -0.2) is 4.79 Å². The van der Waals surface area contributed by atoms with Gasteiger partial charge < -0.3 is 10.1 Å². The number of thiophene rings is 1. The summed E-state index contributed by atoms with van der Waals surface area (Å²) in [5.41, 5.74) is 2.14. The minimum absolute atomic E-state index is 0.107. The van der Waals surface area contributed by atoms with E-state index in [-0.39, 0.29) is 12.5 Å². The third-order valence-electron chi connectivity index (χ3n) is 4.06. The first-order valence-electron chi connectivity index (χ1n) is 9.46. The molecule has 1 aromatic carbocycles. The highest BCUT2D eigenvalue weighted by Gasteiger charge is 2.23. The summed E-state index contributed by atoms with van der Waals surface area (Å²) in [6.07, 6.45) is 2.00. The molecular weight excluding hydrogens is 360 g/mol. The molecule has 0 bridgehead atoms. The van der Waals surface area contributed by atoms with E-state index in [4.69, 9.17) is 4.74 Å². The second kappa shape index (κ2) is 10.8. The van der Waals surface area contributed by atoms with Crippen LogP contribution in [0.5, 0.6) is 0 Å². The number of hydrogen-bond acceptors (Lipinski definition) is 5. The van der Waals surface area contributed by atoms with Gasteiger partial charge in [0.2, 0.25) is 5.91 Å². The lowest BCUT2D eigenvalue weighted by Crippen LogP contribution is -2.34. The van der Waals surface area contributed by atoms with Gasteiger partial charge in [-0.3, -0.25) is 9.69 Å². The van der Waals surface area contributed by atoms with E-state index in [9.17, 15) is 9.59 Å². The SMILES string of the molecule is CCCN(CCC)CC(=O)Nc1scc(-c2ccccc2)c1C(=O)OCC. The maximum absolute atomic E-state index is 12.6. The Bertz CT molecular complexity index is 737. The molecule has 0 atom stereocenters. The number of nitrogens with zero attached hydrogens (tertiary/aromatic N) is 1. The third-order valence-corrected chi connectivity index (χ3v) is 4.95. The molecule has 0 aliphatic carbocycles. The third kappa shape index (κ3) is 5.91. The summed E-state index contributed by atoms with van der Waals surface area (Å²) in [7, 11) is 0. The minimum atomic E-state index is -0.410. The Morgan fingerprint density at radius 3 is 2.33 bits per heavy atom. The van der Waals surface area contributed by atoms with E-state index < -0.39 is 5.97 Å². The van der Waals surface area contributed by atoms with Crippen molar-refractivity contribution in [2.45, 2.75) is 33.6 Å². The van der Waals surface area contributed by atoms with Crippen molar-refractivity contribution < 1.29 is 14.3 Å². The lowest BCUT2D eigenvalue weighted by atomic mass is 10.0. The number of carbonyl (C=O) groups is 2. The van der Waals surface area contributed by atoms with Crippen molar-refractivity contribution in [1.29, 1.82) is 0 Å². The van der Waals surface area contributed by atoms with Crippen molar-refractivity contribution in [3.8, 4) is 11.1 Å². The van der Waals surface area contributed by atoms with Gasteiger partial charge >= 0.3 is 5.97 Å². The average Bonchev–Trinajstić information content (AvgIpc) is 3.06. The number of nitrogens with one attached hydrogen (secondary N) is 1. The summed E-state index contributed by atoms with van der Waals surface area (Å²) in [5.74, 6) is -0.518. The number of amides is 1. The van der Waals surface area contributed by atoms with E-state index in [1.54, 1.807) is 6.92 Å². The average molecular weight is 389 g/mol. The summed E-state index contributed by atoms with van der Waals surface area (Å²) in [4.78, 5) is 27.2. The highest BCUT2D eigenvalue weighted by Crippen LogP contribution is 2.36. The first-order chi connectivity index (χ1) is 13.1. The quantitative estimate of drug-likeness (QED) is 0.602. The Morgan fingerprint density at radius 2 is 1.74 bits per heavy atom. The fraction of sp³-hybridized carbons (Fsp3) is 0.429. The van der Waals surface area contributed by atoms with E-state index >= 15 is 0 Å². The van der Waals surface area contributed by atoms with Crippen LogP contribution >= 0.6 is 11.3 Å². The monoisotopic (exact) mass is 388 g/mol. The molecule has 0 saturated heterocycles. The van der Waals surface area contributed by atoms with Crippen LogP contribution in [0.1, 0.15) is 44.0 Å². The van der Waals surface area contributed by atoms with E-state index in [1.807, 2.05) is 35.7 Å². The molecule has 0 unspecified atom stereocenters. The van der Waals surface area contributed by atoms with Gasteiger partial charge in [0.25, 0.3) is 0 Å². The van der Waals surface area contributed by atoms with E-state index in [1.165, 1.54) is 11.3 Å². The fourth-order valence-corrected chi connectivity index (χ4v) is 3.93. The summed E-state index contributed by atoms with van der Waals surface area (Å²) >= 11 is 1.36. The lowest BCUT2D eigenvalue weighted by molar-refractivity contribution is -0.117. The number of esters is 1. The zero-order valence-corrected chi connectivity index (χ0v) is 17.1. The molecule has 0 aliphatic rings. The van der Waals surface area contributed by atoms with Crippen LogP contribution in [0, 0.1) is 0 Å². The van der Waals surface area contributed by atoms with Gasteiger partial charge in [0, 0.05) is 10.9 Å². The molecule has 1 heterocycles. The highest BCUT2D eigenvalue weighted by molar-refractivity contribution is 7.15. The maximum Gasteiger partial charge on any atom is 0.341 e. The van der Waals surface area contributed by atoms with Gasteiger partial charge in [0.05, 0.1) is 13.2 Å². The van der Waals surface area contributed by atoms with Crippen molar-refractivity contribution in [2.24, 2.45) is 0 Å². The van der Waals surface area contributed by atoms with Gasteiger partial charge in [-0.1, -0.05) is 44.2 Å². The first-order valence-corrected chi connectivity index (χ1v) is 10.3. The first kappa shape index (κ1) is 21.1. The van der Waals surface area contributed by atoms with Crippen LogP contribution in [-0.2, 0) is 9.53 Å². The standard InChI is InChI=1S/C21H28N2O3S/c1-4-12-23(13-5-2)14-18(24)22-20-19(21(25)26-6-3)17(15-27-20)16-10-8-7-9-11-16/h7-11,15H,4-6,12-14H2,1-3H3,(H,22,24). The molecule has 6 heteroatoms. The lowest BCUT2D eigenvalue weighted by Gasteiger charge is -2.20. The van der Waals surface area contributed by atoms with Gasteiger partial charge in [-0.2, -0.15) is 0 Å². The predicted octanol–water partition coefficient (Wildman–Crippen LogP) is 4.65. The van der Waals surface area contributed by atoms with Crippen LogP contribution in [-0.4, -0.2) is 43.0 Å². The van der Waals surface area contributed by atoms with Crippen molar-refractivity contribution in [2.75, 3.05) is 31.6 Å². The Morgan fingerprint density at radius 1 is 1.07 bits per heavy atom. The number of rotatable bonds is 10. The van der Waals surface area contributed by atoms with E-state index in [0.717, 1.165) is 37.1 Å². The predicted molar refractivity (Wildman–Crippen MR) is 111 cm³/mol. The Kier molecular flexibility index (Phi) is 8.48. The Balaban J connectivity index is 2.24. The second-order valence-electron chi connectivity index (χ2n) is 6.26. The second-order valence-corrected chi connectivity index (χ2v) is 7.14. The molecule has 0 aliphatic heterocycles. The highest BCUT2D eigenvalue weighted by atomic mass is 32.1. The van der Waals surface area contributed by atoms with Crippen LogP contribution in [0.2, 0.25) is 0 Å². The van der Waals surface area contributed by atoms with Crippen molar-refractivity contribution in [3.63, 3.8) is 0 Å². The van der Waals surface area contributed by atoms with Gasteiger partial charge in [-0.05, 0) is 38.4 Å². The van der Waals surface area contributed by atoms with Crippen LogP contribution in [0.4, 0.5) is 5.00 Å². The zero-order chi connectivity index (χ0) is 19.6. The maximum atomic E-state index is 12.6. The van der Waals surface area contributed by atoms with Gasteiger partial charge in [-0.15, -0.1) is 11.3 Å². The van der Waals surface area contributed by atoms with Crippen molar-refractivity contribution in [1.82, 2.24) is 4.90 Å². The van der Waals surface area contributed by atoms with Gasteiger partial charge in [0.15, 0.2) is 0 Å². The number of carbonyl (C=O) groups excluding carboxylic acids is 2. The van der Waals surface area contributed by atoms with Crippen LogP contribution < -0.4 is 5.32 Å². The summed E-state index contributed by atoms with van der Waals surface area (Å²) in [6.45, 7) is 8.35. The molecule has 0 fully saturated rings. The van der Waals surface area contributed by atoms with Crippen LogP contribution in [0.3, 0.4) is 0 Å². The smallest absolute Gasteiger partial charge is 0.341 e. The Hall–Kier alpha value is -2.18. The number of hydrogen-bond donors (Lipinski definition) is 1. The number of ether oxygens (including phenoxy) is 1. The van der Waals surface area contributed by atoms with Crippen molar-refractivity contribution >= 4 is 28.2 Å². The molecule has 146 valence electrons. The largest absolute Gasteiger partial charge is 0.462 e. The minimum Gasteiger partial charge on any atom is -0.462 e. The summed E-state index contributed by atoms with van der Waals surface area (Å²) in [6, 6.07) is 9.67. The molecule has 0 radical (unpaired) electrons. The molecule has 0 saturated carbocycles. The topological polar surface area (TPSA) is 58.6 Å². The normalized spacial score (nSPS) is 10.8. The molecule has 2 aromatic rings. The molecule has 1 aromatic heterocycles. The molecular formula is C21H28N2O3S. The molecule has 27 heavy (non-hydrogen) atoms.